The van der Waals surface area contributed by atoms with Crippen LogP contribution in [0.15, 0.2) is 11.4 Å². The minimum Gasteiger partial charge on any atom is -0.338 e. The number of amides is 1. The zero-order valence-corrected chi connectivity index (χ0v) is 12.1. The fourth-order valence-corrected chi connectivity index (χ4v) is 3.24. The fraction of sp³-hybridized carbons (Fsp3) is 0.533. The Bertz CT molecular complexity index is 498. The van der Waals surface area contributed by atoms with E-state index in [1.54, 1.807) is 0 Å². The first-order valence-electron chi connectivity index (χ1n) is 6.81. The van der Waals surface area contributed by atoms with Gasteiger partial charge in [-0.15, -0.1) is 11.3 Å². The van der Waals surface area contributed by atoms with E-state index in [1.807, 2.05) is 16.3 Å². The molecule has 0 spiro atoms. The standard InChI is InChI=1S/C15H20N2OS/c1-2-4-12-6-8-17(10-12)15(18)13-9-14(19-11-13)5-3-7-16/h9,11-12H,2,4,6-8,10,16H2,1H3. The third kappa shape index (κ3) is 3.59. The van der Waals surface area contributed by atoms with Gasteiger partial charge in [-0.2, -0.15) is 0 Å². The molecule has 102 valence electrons. The number of carbonyl (C=O) groups excluding carboxylic acids is 1. The number of nitrogens with zero attached hydrogens (tertiary/aromatic N) is 1. The SMILES string of the molecule is CCCC1CCN(C(=O)c2csc(C#CCN)c2)C1. The van der Waals surface area contributed by atoms with Gasteiger partial charge in [0.1, 0.15) is 0 Å². The van der Waals surface area contributed by atoms with Crippen molar-refractivity contribution >= 4 is 17.2 Å². The van der Waals surface area contributed by atoms with Crippen LogP contribution in [0, 0.1) is 17.8 Å². The van der Waals surface area contributed by atoms with Crippen LogP contribution in [0.3, 0.4) is 0 Å². The molecular weight excluding hydrogens is 256 g/mol. The number of nitrogens with two attached hydrogens (primary N) is 1. The third-order valence-electron chi connectivity index (χ3n) is 3.43. The number of hydrogen-bond acceptors (Lipinski definition) is 3. The molecule has 1 saturated heterocycles. The van der Waals surface area contributed by atoms with E-state index in [1.165, 1.54) is 24.2 Å². The number of likely N-dealkylation sites (tertiary alicyclic amines) is 1. The monoisotopic (exact) mass is 276 g/mol. The third-order valence-corrected chi connectivity index (χ3v) is 4.28. The van der Waals surface area contributed by atoms with Gasteiger partial charge in [0.15, 0.2) is 0 Å². The fourth-order valence-electron chi connectivity index (χ4n) is 2.50. The van der Waals surface area contributed by atoms with Crippen LogP contribution in [0.2, 0.25) is 0 Å². The highest BCUT2D eigenvalue weighted by atomic mass is 32.1. The molecule has 0 bridgehead atoms. The Morgan fingerprint density at radius 3 is 3.21 bits per heavy atom. The van der Waals surface area contributed by atoms with E-state index >= 15 is 0 Å². The van der Waals surface area contributed by atoms with Crippen molar-refractivity contribution in [2.45, 2.75) is 26.2 Å². The molecule has 3 nitrogen and oxygen atoms in total. The van der Waals surface area contributed by atoms with Crippen molar-refractivity contribution in [3.8, 4) is 11.8 Å². The molecule has 1 aliphatic rings. The van der Waals surface area contributed by atoms with Crippen LogP contribution in [0.25, 0.3) is 0 Å². The average molecular weight is 276 g/mol. The van der Waals surface area contributed by atoms with E-state index in [-0.39, 0.29) is 5.91 Å². The van der Waals surface area contributed by atoms with Gasteiger partial charge >= 0.3 is 0 Å². The maximum absolute atomic E-state index is 12.3. The van der Waals surface area contributed by atoms with Crippen molar-refractivity contribution in [1.29, 1.82) is 0 Å². The summed E-state index contributed by atoms with van der Waals surface area (Å²) in [5.41, 5.74) is 6.11. The summed E-state index contributed by atoms with van der Waals surface area (Å²) in [6.07, 6.45) is 3.56. The summed E-state index contributed by atoms with van der Waals surface area (Å²) in [5, 5.41) is 1.90. The molecule has 0 radical (unpaired) electrons. The first-order valence-corrected chi connectivity index (χ1v) is 7.69. The Kier molecular flexibility index (Phi) is 5.00. The maximum atomic E-state index is 12.3. The molecule has 1 aromatic rings. The summed E-state index contributed by atoms with van der Waals surface area (Å²) in [4.78, 5) is 15.2. The number of rotatable bonds is 3. The second kappa shape index (κ2) is 6.74. The molecule has 1 fully saturated rings. The Morgan fingerprint density at radius 1 is 1.63 bits per heavy atom. The van der Waals surface area contributed by atoms with Crippen molar-refractivity contribution in [3.05, 3.63) is 21.9 Å². The minimum absolute atomic E-state index is 0.149. The van der Waals surface area contributed by atoms with E-state index < -0.39 is 0 Å². The van der Waals surface area contributed by atoms with Gasteiger partial charge in [0, 0.05) is 18.5 Å². The lowest BCUT2D eigenvalue weighted by molar-refractivity contribution is 0.0787. The van der Waals surface area contributed by atoms with Gasteiger partial charge in [0.05, 0.1) is 17.0 Å². The number of carbonyl (C=O) groups is 1. The summed E-state index contributed by atoms with van der Waals surface area (Å²) < 4.78 is 0. The lowest BCUT2D eigenvalue weighted by Crippen LogP contribution is -2.28. The zero-order chi connectivity index (χ0) is 13.7. The van der Waals surface area contributed by atoms with E-state index in [0.717, 1.165) is 30.0 Å². The van der Waals surface area contributed by atoms with E-state index in [0.29, 0.717) is 12.5 Å². The van der Waals surface area contributed by atoms with Crippen molar-refractivity contribution in [3.63, 3.8) is 0 Å². The molecule has 4 heteroatoms. The van der Waals surface area contributed by atoms with Crippen molar-refractivity contribution < 1.29 is 4.79 Å². The molecule has 0 saturated carbocycles. The van der Waals surface area contributed by atoms with Crippen LogP contribution >= 0.6 is 11.3 Å². The van der Waals surface area contributed by atoms with Crippen LogP contribution in [0.5, 0.6) is 0 Å². The predicted molar refractivity (Wildman–Crippen MR) is 79.2 cm³/mol. The highest BCUT2D eigenvalue weighted by Gasteiger charge is 2.26. The van der Waals surface area contributed by atoms with Gasteiger partial charge in [-0.1, -0.05) is 25.2 Å². The summed E-state index contributed by atoms with van der Waals surface area (Å²) in [6.45, 7) is 4.35. The Labute approximate surface area is 118 Å². The molecule has 0 aromatic carbocycles. The molecule has 1 amide bonds. The van der Waals surface area contributed by atoms with Gasteiger partial charge in [-0.25, -0.2) is 0 Å². The largest absolute Gasteiger partial charge is 0.338 e. The highest BCUT2D eigenvalue weighted by molar-refractivity contribution is 7.10. The predicted octanol–water partition coefficient (Wildman–Crippen LogP) is 2.32. The van der Waals surface area contributed by atoms with Gasteiger partial charge in [-0.05, 0) is 24.8 Å². The second-order valence-electron chi connectivity index (χ2n) is 4.90. The summed E-state index contributed by atoms with van der Waals surface area (Å²) in [7, 11) is 0. The van der Waals surface area contributed by atoms with E-state index in [4.69, 9.17) is 5.73 Å². The summed E-state index contributed by atoms with van der Waals surface area (Å²) in [6, 6.07) is 1.88. The molecule has 1 atom stereocenters. The smallest absolute Gasteiger partial charge is 0.254 e. The normalized spacial score (nSPS) is 18.2. The molecule has 2 N–H and O–H groups in total. The Hall–Kier alpha value is -1.31. The summed E-state index contributed by atoms with van der Waals surface area (Å²) >= 11 is 1.51. The van der Waals surface area contributed by atoms with Crippen LogP contribution in [0.4, 0.5) is 0 Å². The first-order chi connectivity index (χ1) is 9.24. The van der Waals surface area contributed by atoms with Crippen molar-refractivity contribution in [2.75, 3.05) is 19.6 Å². The van der Waals surface area contributed by atoms with Crippen LogP contribution in [0.1, 0.15) is 41.4 Å². The Morgan fingerprint density at radius 2 is 2.47 bits per heavy atom. The van der Waals surface area contributed by atoms with E-state index in [2.05, 4.69) is 18.8 Å². The molecule has 1 aliphatic heterocycles. The minimum atomic E-state index is 0.149. The quantitative estimate of drug-likeness (QED) is 0.861. The molecule has 19 heavy (non-hydrogen) atoms. The topological polar surface area (TPSA) is 46.3 Å². The van der Waals surface area contributed by atoms with Gasteiger partial charge in [0.2, 0.25) is 0 Å². The maximum Gasteiger partial charge on any atom is 0.254 e. The lowest BCUT2D eigenvalue weighted by Gasteiger charge is -2.15. The Balaban J connectivity index is 1.98. The number of hydrogen-bond donors (Lipinski definition) is 1. The molecule has 1 unspecified atom stereocenters. The van der Waals surface area contributed by atoms with Crippen LogP contribution < -0.4 is 5.73 Å². The molecular formula is C15H20N2OS. The first kappa shape index (κ1) is 14.1. The zero-order valence-electron chi connectivity index (χ0n) is 11.3. The van der Waals surface area contributed by atoms with Crippen LogP contribution in [-0.2, 0) is 0 Å². The molecule has 2 rings (SSSR count). The van der Waals surface area contributed by atoms with Crippen molar-refractivity contribution in [1.82, 2.24) is 4.90 Å². The summed E-state index contributed by atoms with van der Waals surface area (Å²) in [5.74, 6) is 6.62. The molecule has 0 aliphatic carbocycles. The highest BCUT2D eigenvalue weighted by Crippen LogP contribution is 2.24. The van der Waals surface area contributed by atoms with Crippen molar-refractivity contribution in [2.24, 2.45) is 11.7 Å². The van der Waals surface area contributed by atoms with Crippen LogP contribution in [-0.4, -0.2) is 30.4 Å². The molecule has 1 aromatic heterocycles. The second-order valence-corrected chi connectivity index (χ2v) is 5.81. The average Bonchev–Trinajstić information content (AvgIpc) is 3.05. The van der Waals surface area contributed by atoms with Gasteiger partial charge in [-0.3, -0.25) is 4.79 Å². The molecule has 2 heterocycles. The van der Waals surface area contributed by atoms with Gasteiger partial charge in [0.25, 0.3) is 5.91 Å². The van der Waals surface area contributed by atoms with E-state index in [9.17, 15) is 4.79 Å². The van der Waals surface area contributed by atoms with Gasteiger partial charge < -0.3 is 10.6 Å². The number of thiophene rings is 1. The lowest BCUT2D eigenvalue weighted by atomic mass is 10.0.